The zero-order valence-electron chi connectivity index (χ0n) is 19.2. The second-order valence-corrected chi connectivity index (χ2v) is 8.51. The maximum Gasteiger partial charge on any atom is 0.166 e. The molecule has 0 aliphatic heterocycles. The highest BCUT2D eigenvalue weighted by Gasteiger charge is 2.11. The average molecular weight is 479 g/mol. The highest BCUT2D eigenvalue weighted by atomic mass is 19.2. The lowest BCUT2D eigenvalue weighted by Gasteiger charge is -2.08. The molecule has 0 fully saturated rings. The second kappa shape index (κ2) is 10.7. The van der Waals surface area contributed by atoms with Gasteiger partial charge in [0.2, 0.25) is 0 Å². The lowest BCUT2D eigenvalue weighted by atomic mass is 9.99. The first kappa shape index (κ1) is 24.5. The van der Waals surface area contributed by atoms with Crippen LogP contribution in [0.25, 0.3) is 10.8 Å². The van der Waals surface area contributed by atoms with Crippen LogP contribution < -0.4 is 0 Å². The number of halogens is 5. The van der Waals surface area contributed by atoms with E-state index in [2.05, 4.69) is 18.8 Å². The summed E-state index contributed by atoms with van der Waals surface area (Å²) in [5, 5.41) is 0.530. The van der Waals surface area contributed by atoms with Crippen LogP contribution in [0.4, 0.5) is 22.0 Å². The van der Waals surface area contributed by atoms with Crippen molar-refractivity contribution >= 4 is 10.8 Å². The molecule has 0 radical (unpaired) electrons. The fourth-order valence-electron chi connectivity index (χ4n) is 3.98. The number of fused-ring (bicyclic) bond motifs is 1. The van der Waals surface area contributed by atoms with Gasteiger partial charge >= 0.3 is 0 Å². The molecule has 0 spiro atoms. The van der Waals surface area contributed by atoms with E-state index < -0.39 is 23.3 Å². The fourth-order valence-corrected chi connectivity index (χ4v) is 3.98. The molecular formula is C30H23F5. The highest BCUT2D eigenvalue weighted by Crippen LogP contribution is 2.22. The maximum absolute atomic E-state index is 14.6. The van der Waals surface area contributed by atoms with E-state index in [4.69, 9.17) is 0 Å². The van der Waals surface area contributed by atoms with E-state index >= 15 is 0 Å². The van der Waals surface area contributed by atoms with Gasteiger partial charge in [-0.1, -0.05) is 49.5 Å². The van der Waals surface area contributed by atoms with Gasteiger partial charge < -0.3 is 0 Å². The van der Waals surface area contributed by atoms with E-state index in [1.165, 1.54) is 42.5 Å². The summed E-state index contributed by atoms with van der Waals surface area (Å²) in [5.41, 5.74) is 1.87. The molecule has 4 rings (SSSR count). The van der Waals surface area contributed by atoms with Crippen molar-refractivity contribution in [3.63, 3.8) is 0 Å². The molecule has 35 heavy (non-hydrogen) atoms. The summed E-state index contributed by atoms with van der Waals surface area (Å²) >= 11 is 0. The quantitative estimate of drug-likeness (QED) is 0.194. The minimum Gasteiger partial charge on any atom is -0.207 e. The lowest BCUT2D eigenvalue weighted by Crippen LogP contribution is -2.00. The Morgan fingerprint density at radius 2 is 1.37 bits per heavy atom. The maximum atomic E-state index is 14.6. The van der Waals surface area contributed by atoms with Crippen molar-refractivity contribution in [2.45, 2.75) is 39.0 Å². The third-order valence-electron chi connectivity index (χ3n) is 5.96. The number of benzene rings is 4. The summed E-state index contributed by atoms with van der Waals surface area (Å²) in [6.45, 7) is 2.08. The first-order chi connectivity index (χ1) is 16.9. The van der Waals surface area contributed by atoms with E-state index in [-0.39, 0.29) is 23.2 Å². The molecule has 178 valence electrons. The van der Waals surface area contributed by atoms with Gasteiger partial charge in [0.1, 0.15) is 17.5 Å². The van der Waals surface area contributed by atoms with Gasteiger partial charge in [-0.15, -0.1) is 0 Å². The van der Waals surface area contributed by atoms with E-state index in [1.807, 2.05) is 6.07 Å². The first-order valence-electron chi connectivity index (χ1n) is 11.5. The van der Waals surface area contributed by atoms with Crippen molar-refractivity contribution in [3.05, 3.63) is 118 Å². The number of hydrogen-bond donors (Lipinski definition) is 0. The molecule has 4 aromatic rings. The van der Waals surface area contributed by atoms with Crippen LogP contribution in [-0.4, -0.2) is 0 Å². The predicted molar refractivity (Wildman–Crippen MR) is 129 cm³/mol. The molecule has 0 bridgehead atoms. The minimum absolute atomic E-state index is 0.101. The third-order valence-corrected chi connectivity index (χ3v) is 5.96. The van der Waals surface area contributed by atoms with Crippen LogP contribution in [0.3, 0.4) is 0 Å². The van der Waals surface area contributed by atoms with Crippen molar-refractivity contribution in [2.75, 3.05) is 0 Å². The molecule has 0 aliphatic carbocycles. The topological polar surface area (TPSA) is 0 Å². The smallest absolute Gasteiger partial charge is 0.166 e. The Hall–Kier alpha value is -3.65. The summed E-state index contributed by atoms with van der Waals surface area (Å²) in [5.74, 6) is 1.34. The van der Waals surface area contributed by atoms with Gasteiger partial charge in [0.25, 0.3) is 0 Å². The van der Waals surface area contributed by atoms with Gasteiger partial charge in [0.05, 0.1) is 5.56 Å². The molecule has 0 amide bonds. The van der Waals surface area contributed by atoms with Crippen LogP contribution in [0.5, 0.6) is 0 Å². The molecule has 0 nitrogen and oxygen atoms in total. The summed E-state index contributed by atoms with van der Waals surface area (Å²) in [6, 6.07) is 14.4. The van der Waals surface area contributed by atoms with Crippen molar-refractivity contribution in [1.82, 2.24) is 0 Å². The van der Waals surface area contributed by atoms with Crippen molar-refractivity contribution in [2.24, 2.45) is 0 Å². The van der Waals surface area contributed by atoms with Gasteiger partial charge in [-0.2, -0.15) is 0 Å². The van der Waals surface area contributed by atoms with Crippen LogP contribution in [0, 0.1) is 40.9 Å². The van der Waals surface area contributed by atoms with Gasteiger partial charge in [0.15, 0.2) is 11.6 Å². The van der Waals surface area contributed by atoms with Crippen molar-refractivity contribution in [3.8, 4) is 11.8 Å². The summed E-state index contributed by atoms with van der Waals surface area (Å²) < 4.78 is 70.9. The number of hydrogen-bond acceptors (Lipinski definition) is 0. The Balaban J connectivity index is 1.50. The van der Waals surface area contributed by atoms with E-state index in [9.17, 15) is 22.0 Å². The van der Waals surface area contributed by atoms with Gasteiger partial charge in [-0.05, 0) is 84.2 Å². The largest absolute Gasteiger partial charge is 0.207 e. The minimum atomic E-state index is -0.956. The van der Waals surface area contributed by atoms with Crippen LogP contribution in [-0.2, 0) is 19.3 Å². The molecule has 0 atom stereocenters. The lowest BCUT2D eigenvalue weighted by molar-refractivity contribution is 0.517. The van der Waals surface area contributed by atoms with Gasteiger partial charge in [0, 0.05) is 10.9 Å². The molecule has 0 N–H and O–H groups in total. The van der Waals surface area contributed by atoms with Crippen LogP contribution in [0.1, 0.15) is 47.6 Å². The van der Waals surface area contributed by atoms with Crippen LogP contribution in [0.2, 0.25) is 0 Å². The number of aryl methyl sites for hydroxylation is 3. The zero-order valence-corrected chi connectivity index (χ0v) is 19.2. The zero-order chi connectivity index (χ0) is 24.9. The second-order valence-electron chi connectivity index (χ2n) is 8.51. The van der Waals surface area contributed by atoms with E-state index in [1.54, 1.807) is 6.07 Å². The normalized spacial score (nSPS) is 10.9. The first-order valence-corrected chi connectivity index (χ1v) is 11.5. The van der Waals surface area contributed by atoms with Crippen molar-refractivity contribution < 1.29 is 22.0 Å². The molecule has 0 saturated carbocycles. The van der Waals surface area contributed by atoms with Crippen molar-refractivity contribution in [1.29, 1.82) is 0 Å². The highest BCUT2D eigenvalue weighted by molar-refractivity contribution is 5.84. The Morgan fingerprint density at radius 1 is 0.629 bits per heavy atom. The Kier molecular flexibility index (Phi) is 7.51. The summed E-state index contributed by atoms with van der Waals surface area (Å²) in [4.78, 5) is 0. The summed E-state index contributed by atoms with van der Waals surface area (Å²) in [7, 11) is 0. The molecule has 0 aliphatic rings. The number of rotatable bonds is 6. The predicted octanol–water partition coefficient (Wildman–Crippen LogP) is 8.06. The average Bonchev–Trinajstić information content (AvgIpc) is 2.84. The molecular weight excluding hydrogens is 455 g/mol. The Bertz CT molecular complexity index is 1420. The molecule has 5 heteroatoms. The fraction of sp³-hybridized carbons (Fsp3) is 0.200. The van der Waals surface area contributed by atoms with E-state index in [0.717, 1.165) is 30.9 Å². The molecule has 4 aromatic carbocycles. The molecule has 0 saturated heterocycles. The summed E-state index contributed by atoms with van der Waals surface area (Å²) in [6.07, 6.45) is 3.44. The molecule has 0 heterocycles. The SMILES string of the molecule is CCCCc1ccc(CCc2cc(F)c(C#Cc3ccc4c(F)c(F)ccc4c3)c(F)c2)c(F)c1. The van der Waals surface area contributed by atoms with E-state index in [0.29, 0.717) is 28.5 Å². The third kappa shape index (κ3) is 5.71. The van der Waals surface area contributed by atoms with Crippen LogP contribution >= 0.6 is 0 Å². The number of unbranched alkanes of at least 4 members (excludes halogenated alkanes) is 1. The molecule has 0 aromatic heterocycles. The monoisotopic (exact) mass is 478 g/mol. The Labute approximate surface area is 201 Å². The van der Waals surface area contributed by atoms with Gasteiger partial charge in [-0.3, -0.25) is 0 Å². The van der Waals surface area contributed by atoms with Crippen LogP contribution in [0.15, 0.2) is 60.7 Å². The standard InChI is InChI=1S/C30H23F5/c1-2-3-4-19-5-9-22(27(32)16-19)10-6-21-17-28(33)25(29(34)18-21)13-8-20-7-12-24-23(15-20)11-14-26(31)30(24)35/h5,7,9,11-12,14-18H,2-4,6,10H2,1H3. The Morgan fingerprint density at radius 3 is 2.09 bits per heavy atom. The van der Waals surface area contributed by atoms with Gasteiger partial charge in [-0.25, -0.2) is 22.0 Å². The molecule has 0 unspecified atom stereocenters.